The van der Waals surface area contributed by atoms with Crippen molar-refractivity contribution in [3.63, 3.8) is 0 Å². The number of hydrogen-bond donors (Lipinski definition) is 1. The van der Waals surface area contributed by atoms with E-state index in [1.165, 1.54) is 0 Å². The largest absolute Gasteiger partial charge is 0.330 e. The fourth-order valence-corrected chi connectivity index (χ4v) is 2.30. The van der Waals surface area contributed by atoms with Crippen molar-refractivity contribution < 1.29 is 4.79 Å². The smallest absolute Gasteiger partial charge is 0.226 e. The lowest BCUT2D eigenvalue weighted by Crippen LogP contribution is -2.14. The van der Waals surface area contributed by atoms with Gasteiger partial charge in [-0.1, -0.05) is 18.2 Å². The third-order valence-corrected chi connectivity index (χ3v) is 3.38. The van der Waals surface area contributed by atoms with Gasteiger partial charge in [0.15, 0.2) is 0 Å². The highest BCUT2D eigenvalue weighted by Crippen LogP contribution is 2.13. The maximum Gasteiger partial charge on any atom is 0.226 e. The lowest BCUT2D eigenvalue weighted by Gasteiger charge is -2.06. The van der Waals surface area contributed by atoms with Crippen LogP contribution in [0.1, 0.15) is 12.0 Å². The predicted octanol–water partition coefficient (Wildman–Crippen LogP) is 2.94. The number of para-hydroxylation sites is 2. The Morgan fingerprint density at radius 2 is 2.09 bits per heavy atom. The highest BCUT2D eigenvalue weighted by Gasteiger charge is 2.06. The summed E-state index contributed by atoms with van der Waals surface area (Å²) in [5.74, 6) is -0.0899. The number of benzene rings is 2. The normalized spacial score (nSPS) is 10.3. The molecule has 0 radical (unpaired) electrons. The molecule has 0 aliphatic rings. The molecule has 108 valence electrons. The van der Waals surface area contributed by atoms with Gasteiger partial charge in [0, 0.05) is 18.7 Å². The van der Waals surface area contributed by atoms with Gasteiger partial charge in [-0.3, -0.25) is 4.79 Å². The Labute approximate surface area is 127 Å². The van der Waals surface area contributed by atoms with E-state index in [1.807, 2.05) is 28.8 Å². The Kier molecular flexibility index (Phi) is 3.84. The maximum absolute atomic E-state index is 12.0. The first-order chi connectivity index (χ1) is 10.8. The molecule has 5 heteroatoms. The number of hydrogen-bond acceptors (Lipinski definition) is 3. The highest BCUT2D eigenvalue weighted by atomic mass is 16.1. The first-order valence-corrected chi connectivity index (χ1v) is 6.96. The van der Waals surface area contributed by atoms with Gasteiger partial charge in [0.05, 0.1) is 29.0 Å². The molecule has 2 aromatic carbocycles. The van der Waals surface area contributed by atoms with Crippen LogP contribution >= 0.6 is 0 Å². The number of nitrogens with one attached hydrogen (secondary N) is 1. The monoisotopic (exact) mass is 290 g/mol. The summed E-state index contributed by atoms with van der Waals surface area (Å²) in [6.45, 7) is 0.560. The number of aromatic nitrogens is 2. The number of fused-ring (bicyclic) bond motifs is 1. The van der Waals surface area contributed by atoms with Crippen LogP contribution in [-0.2, 0) is 11.3 Å². The fraction of sp³-hybridized carbons (Fsp3) is 0.118. The van der Waals surface area contributed by atoms with E-state index in [9.17, 15) is 4.79 Å². The average molecular weight is 290 g/mol. The number of nitrogens with zero attached hydrogens (tertiary/aromatic N) is 3. The Bertz CT molecular complexity index is 860. The van der Waals surface area contributed by atoms with Crippen molar-refractivity contribution in [2.75, 3.05) is 5.32 Å². The first kappa shape index (κ1) is 13.8. The number of nitriles is 1. The number of rotatable bonds is 4. The minimum atomic E-state index is -0.0899. The van der Waals surface area contributed by atoms with Crippen molar-refractivity contribution in [1.29, 1.82) is 5.26 Å². The topological polar surface area (TPSA) is 70.7 Å². The molecule has 0 aliphatic heterocycles. The number of imidazole rings is 1. The van der Waals surface area contributed by atoms with Crippen LogP contribution in [0.4, 0.5) is 5.69 Å². The Morgan fingerprint density at radius 3 is 2.95 bits per heavy atom. The molecule has 0 saturated heterocycles. The molecule has 5 nitrogen and oxygen atoms in total. The zero-order chi connectivity index (χ0) is 15.4. The van der Waals surface area contributed by atoms with Gasteiger partial charge in [0.2, 0.25) is 5.91 Å². The van der Waals surface area contributed by atoms with E-state index in [4.69, 9.17) is 5.26 Å². The van der Waals surface area contributed by atoms with Crippen LogP contribution < -0.4 is 5.32 Å². The van der Waals surface area contributed by atoms with Crippen LogP contribution in [-0.4, -0.2) is 15.5 Å². The number of amides is 1. The lowest BCUT2D eigenvalue weighted by atomic mass is 10.2. The minimum absolute atomic E-state index is 0.0899. The molecule has 0 saturated carbocycles. The molecular formula is C17H14N4O. The van der Waals surface area contributed by atoms with Gasteiger partial charge in [-0.2, -0.15) is 5.26 Å². The summed E-state index contributed by atoms with van der Waals surface area (Å²) in [7, 11) is 0. The standard InChI is InChI=1S/C17H14N4O/c18-11-13-4-3-5-14(10-13)20-17(22)8-9-21-12-19-15-6-1-2-7-16(15)21/h1-7,10,12H,8-9H2,(H,20,22). The van der Waals surface area contributed by atoms with Crippen LogP contribution in [0.2, 0.25) is 0 Å². The average Bonchev–Trinajstić information content (AvgIpc) is 2.96. The first-order valence-electron chi connectivity index (χ1n) is 6.96. The third-order valence-electron chi connectivity index (χ3n) is 3.38. The Hall–Kier alpha value is -3.13. The van der Waals surface area contributed by atoms with E-state index in [2.05, 4.69) is 16.4 Å². The van der Waals surface area contributed by atoms with Crippen molar-refractivity contribution in [2.24, 2.45) is 0 Å². The Morgan fingerprint density at radius 1 is 1.23 bits per heavy atom. The van der Waals surface area contributed by atoms with E-state index in [0.717, 1.165) is 11.0 Å². The van der Waals surface area contributed by atoms with Crippen molar-refractivity contribution in [2.45, 2.75) is 13.0 Å². The SMILES string of the molecule is N#Cc1cccc(NC(=O)CCn2cnc3ccccc32)c1. The Balaban J connectivity index is 1.64. The van der Waals surface area contributed by atoms with Crippen molar-refractivity contribution in [1.82, 2.24) is 9.55 Å². The molecule has 0 atom stereocenters. The van der Waals surface area contributed by atoms with Gasteiger partial charge in [-0.15, -0.1) is 0 Å². The van der Waals surface area contributed by atoms with Gasteiger partial charge in [-0.05, 0) is 30.3 Å². The second kappa shape index (κ2) is 6.10. The van der Waals surface area contributed by atoms with Gasteiger partial charge < -0.3 is 9.88 Å². The molecule has 0 fully saturated rings. The van der Waals surface area contributed by atoms with Crippen molar-refractivity contribution in [3.8, 4) is 6.07 Å². The number of aryl methyl sites for hydroxylation is 1. The van der Waals surface area contributed by atoms with Gasteiger partial charge in [0.25, 0.3) is 0 Å². The summed E-state index contributed by atoms with van der Waals surface area (Å²) < 4.78 is 1.96. The summed E-state index contributed by atoms with van der Waals surface area (Å²) in [5.41, 5.74) is 3.10. The van der Waals surface area contributed by atoms with Crippen molar-refractivity contribution >= 4 is 22.6 Å². The minimum Gasteiger partial charge on any atom is -0.330 e. The van der Waals surface area contributed by atoms with E-state index in [1.54, 1.807) is 30.6 Å². The van der Waals surface area contributed by atoms with Crippen LogP contribution in [0.15, 0.2) is 54.9 Å². The number of anilines is 1. The summed E-state index contributed by atoms with van der Waals surface area (Å²) >= 11 is 0. The molecule has 1 heterocycles. The summed E-state index contributed by atoms with van der Waals surface area (Å²) in [5, 5.41) is 11.7. The second-order valence-corrected chi connectivity index (χ2v) is 4.92. The van der Waals surface area contributed by atoms with Crippen LogP contribution in [0.5, 0.6) is 0 Å². The highest BCUT2D eigenvalue weighted by molar-refractivity contribution is 5.90. The van der Waals surface area contributed by atoms with E-state index in [0.29, 0.717) is 24.2 Å². The molecule has 1 aromatic heterocycles. The zero-order valence-electron chi connectivity index (χ0n) is 11.9. The molecule has 0 aliphatic carbocycles. The van der Waals surface area contributed by atoms with E-state index < -0.39 is 0 Å². The maximum atomic E-state index is 12.0. The predicted molar refractivity (Wildman–Crippen MR) is 84.1 cm³/mol. The second-order valence-electron chi connectivity index (χ2n) is 4.92. The van der Waals surface area contributed by atoms with Gasteiger partial charge in [0.1, 0.15) is 0 Å². The molecule has 0 bridgehead atoms. The lowest BCUT2D eigenvalue weighted by molar-refractivity contribution is -0.116. The molecular weight excluding hydrogens is 276 g/mol. The molecule has 1 N–H and O–H groups in total. The van der Waals surface area contributed by atoms with Crippen LogP contribution in [0.25, 0.3) is 11.0 Å². The summed E-state index contributed by atoms with van der Waals surface area (Å²) in [6.07, 6.45) is 2.09. The molecule has 0 unspecified atom stereocenters. The molecule has 0 spiro atoms. The molecule has 3 aromatic rings. The van der Waals surface area contributed by atoms with Gasteiger partial charge in [-0.25, -0.2) is 4.98 Å². The van der Waals surface area contributed by atoms with Gasteiger partial charge >= 0.3 is 0 Å². The fourth-order valence-electron chi connectivity index (χ4n) is 2.30. The third kappa shape index (κ3) is 2.96. The molecule has 3 rings (SSSR count). The zero-order valence-corrected chi connectivity index (χ0v) is 11.9. The van der Waals surface area contributed by atoms with E-state index in [-0.39, 0.29) is 5.91 Å². The molecule has 1 amide bonds. The van der Waals surface area contributed by atoms with Crippen LogP contribution in [0.3, 0.4) is 0 Å². The number of carbonyl (C=O) groups excluding carboxylic acids is 1. The van der Waals surface area contributed by atoms with E-state index >= 15 is 0 Å². The number of carbonyl (C=O) groups is 1. The van der Waals surface area contributed by atoms with Crippen LogP contribution in [0, 0.1) is 11.3 Å². The van der Waals surface area contributed by atoms with Crippen molar-refractivity contribution in [3.05, 3.63) is 60.4 Å². The summed E-state index contributed by atoms with van der Waals surface area (Å²) in [6, 6.07) is 16.7. The molecule has 22 heavy (non-hydrogen) atoms. The quantitative estimate of drug-likeness (QED) is 0.803. The summed E-state index contributed by atoms with van der Waals surface area (Å²) in [4.78, 5) is 16.3.